The second-order valence-electron chi connectivity index (χ2n) is 7.55. The molecule has 0 unspecified atom stereocenters. The summed E-state index contributed by atoms with van der Waals surface area (Å²) in [4.78, 5) is 24.0. The highest BCUT2D eigenvalue weighted by atomic mass is 16.2. The van der Waals surface area contributed by atoms with Gasteiger partial charge in [-0.15, -0.1) is 0 Å². The van der Waals surface area contributed by atoms with Crippen LogP contribution in [0.4, 0.5) is 0 Å². The number of amides is 2. The number of carbonyl (C=O) groups is 2. The SMILES string of the molecule is CCCCNC(=O)CCCCCNC(=O)C1CCCCCCCCC1. The van der Waals surface area contributed by atoms with E-state index in [4.69, 9.17) is 0 Å². The Kier molecular flexibility index (Phi) is 13.4. The monoisotopic (exact) mass is 352 g/mol. The first-order chi connectivity index (χ1) is 12.2. The van der Waals surface area contributed by atoms with Crippen LogP contribution in [0.5, 0.6) is 0 Å². The van der Waals surface area contributed by atoms with E-state index in [1.165, 1.54) is 44.9 Å². The molecule has 2 N–H and O–H groups in total. The van der Waals surface area contributed by atoms with Crippen LogP contribution in [0.1, 0.15) is 103 Å². The zero-order chi connectivity index (χ0) is 18.2. The van der Waals surface area contributed by atoms with Gasteiger partial charge in [-0.1, -0.05) is 64.7 Å². The molecule has 4 nitrogen and oxygen atoms in total. The fourth-order valence-corrected chi connectivity index (χ4v) is 3.51. The van der Waals surface area contributed by atoms with Crippen LogP contribution in [0.25, 0.3) is 0 Å². The molecule has 2 amide bonds. The van der Waals surface area contributed by atoms with Crippen molar-refractivity contribution in [3.63, 3.8) is 0 Å². The highest BCUT2D eigenvalue weighted by Gasteiger charge is 2.17. The third kappa shape index (κ3) is 12.0. The maximum atomic E-state index is 12.4. The van der Waals surface area contributed by atoms with E-state index in [0.717, 1.165) is 58.0 Å². The highest BCUT2D eigenvalue weighted by Crippen LogP contribution is 2.21. The third-order valence-electron chi connectivity index (χ3n) is 5.21. The van der Waals surface area contributed by atoms with Gasteiger partial charge in [0.2, 0.25) is 11.8 Å². The first-order valence-electron chi connectivity index (χ1n) is 10.8. The standard InChI is InChI=1S/C21H40N2O2/c1-2-3-17-22-20(24)16-12-9-13-18-23-21(25)19-14-10-7-5-4-6-8-11-15-19/h19H,2-18H2,1H3,(H,22,24)(H,23,25). The van der Waals surface area contributed by atoms with Gasteiger partial charge in [0.1, 0.15) is 0 Å². The summed E-state index contributed by atoms with van der Waals surface area (Å²) in [6, 6.07) is 0. The van der Waals surface area contributed by atoms with Gasteiger partial charge in [0.25, 0.3) is 0 Å². The molecule has 0 saturated heterocycles. The van der Waals surface area contributed by atoms with Crippen LogP contribution >= 0.6 is 0 Å². The Balaban J connectivity index is 2.05. The van der Waals surface area contributed by atoms with E-state index in [-0.39, 0.29) is 17.7 Å². The molecular weight excluding hydrogens is 312 g/mol. The summed E-state index contributed by atoms with van der Waals surface area (Å²) in [6.07, 6.45) is 16.8. The second-order valence-corrected chi connectivity index (χ2v) is 7.55. The molecule has 0 bridgehead atoms. The van der Waals surface area contributed by atoms with Gasteiger partial charge in [0.05, 0.1) is 0 Å². The van der Waals surface area contributed by atoms with Gasteiger partial charge in [-0.2, -0.15) is 0 Å². The molecule has 4 heteroatoms. The molecule has 1 rings (SSSR count). The largest absolute Gasteiger partial charge is 0.356 e. The molecule has 1 aliphatic rings. The van der Waals surface area contributed by atoms with E-state index in [9.17, 15) is 9.59 Å². The zero-order valence-electron chi connectivity index (χ0n) is 16.4. The maximum absolute atomic E-state index is 12.4. The molecule has 0 spiro atoms. The lowest BCUT2D eigenvalue weighted by Crippen LogP contribution is -2.31. The first-order valence-corrected chi connectivity index (χ1v) is 10.8. The molecule has 0 atom stereocenters. The number of hydrogen-bond acceptors (Lipinski definition) is 2. The van der Waals surface area contributed by atoms with E-state index in [1.54, 1.807) is 0 Å². The number of unbranched alkanes of at least 4 members (excludes halogenated alkanes) is 3. The Hall–Kier alpha value is -1.06. The van der Waals surface area contributed by atoms with Gasteiger partial charge in [-0.05, 0) is 32.1 Å². The van der Waals surface area contributed by atoms with Gasteiger partial charge in [-0.3, -0.25) is 9.59 Å². The minimum atomic E-state index is 0.166. The minimum Gasteiger partial charge on any atom is -0.356 e. The van der Waals surface area contributed by atoms with E-state index in [1.807, 2.05) is 0 Å². The molecule has 25 heavy (non-hydrogen) atoms. The maximum Gasteiger partial charge on any atom is 0.223 e. The summed E-state index contributed by atoms with van der Waals surface area (Å²) in [6.45, 7) is 3.68. The lowest BCUT2D eigenvalue weighted by molar-refractivity contribution is -0.125. The quantitative estimate of drug-likeness (QED) is 0.559. The molecule has 146 valence electrons. The van der Waals surface area contributed by atoms with Crippen molar-refractivity contribution in [3.8, 4) is 0 Å². The summed E-state index contributed by atoms with van der Waals surface area (Å²) < 4.78 is 0. The predicted octanol–water partition coefficient (Wildman–Crippen LogP) is 4.72. The van der Waals surface area contributed by atoms with Gasteiger partial charge in [0.15, 0.2) is 0 Å². The molecule has 0 aromatic heterocycles. The van der Waals surface area contributed by atoms with Crippen molar-refractivity contribution in [2.24, 2.45) is 5.92 Å². The fraction of sp³-hybridized carbons (Fsp3) is 0.905. The van der Waals surface area contributed by atoms with Crippen molar-refractivity contribution >= 4 is 11.8 Å². The average Bonchev–Trinajstić information content (AvgIpc) is 2.62. The van der Waals surface area contributed by atoms with Crippen LogP contribution in [0.3, 0.4) is 0 Å². The van der Waals surface area contributed by atoms with Gasteiger partial charge < -0.3 is 10.6 Å². The first kappa shape index (κ1) is 22.0. The van der Waals surface area contributed by atoms with Crippen molar-refractivity contribution in [2.45, 2.75) is 103 Å². The summed E-state index contributed by atoms with van der Waals surface area (Å²) >= 11 is 0. The fourth-order valence-electron chi connectivity index (χ4n) is 3.51. The van der Waals surface area contributed by atoms with Crippen LogP contribution in [-0.4, -0.2) is 24.9 Å². The Morgan fingerprint density at radius 1 is 0.760 bits per heavy atom. The molecule has 1 saturated carbocycles. The molecular formula is C21H40N2O2. The van der Waals surface area contributed by atoms with E-state index < -0.39 is 0 Å². The summed E-state index contributed by atoms with van der Waals surface area (Å²) in [5.74, 6) is 0.652. The molecule has 1 fully saturated rings. The lowest BCUT2D eigenvalue weighted by Gasteiger charge is -2.18. The molecule has 0 radical (unpaired) electrons. The van der Waals surface area contributed by atoms with Crippen molar-refractivity contribution < 1.29 is 9.59 Å². The van der Waals surface area contributed by atoms with E-state index in [2.05, 4.69) is 17.6 Å². The lowest BCUT2D eigenvalue weighted by atomic mass is 9.91. The van der Waals surface area contributed by atoms with Crippen LogP contribution < -0.4 is 10.6 Å². The predicted molar refractivity (Wildman–Crippen MR) is 104 cm³/mol. The summed E-state index contributed by atoms with van der Waals surface area (Å²) in [5, 5.41) is 6.07. The molecule has 0 aromatic rings. The highest BCUT2D eigenvalue weighted by molar-refractivity contribution is 5.78. The minimum absolute atomic E-state index is 0.166. The molecule has 0 aromatic carbocycles. The van der Waals surface area contributed by atoms with Crippen LogP contribution in [-0.2, 0) is 9.59 Å². The zero-order valence-corrected chi connectivity index (χ0v) is 16.4. The average molecular weight is 353 g/mol. The van der Waals surface area contributed by atoms with Gasteiger partial charge in [0, 0.05) is 25.4 Å². The van der Waals surface area contributed by atoms with Gasteiger partial charge >= 0.3 is 0 Å². The van der Waals surface area contributed by atoms with Crippen LogP contribution in [0.2, 0.25) is 0 Å². The second kappa shape index (κ2) is 15.2. The smallest absolute Gasteiger partial charge is 0.223 e. The summed E-state index contributed by atoms with van der Waals surface area (Å²) in [5.41, 5.74) is 0. The van der Waals surface area contributed by atoms with Crippen LogP contribution in [0.15, 0.2) is 0 Å². The van der Waals surface area contributed by atoms with Crippen molar-refractivity contribution in [3.05, 3.63) is 0 Å². The van der Waals surface area contributed by atoms with Gasteiger partial charge in [-0.25, -0.2) is 0 Å². The Labute approximate surface area is 154 Å². The topological polar surface area (TPSA) is 58.2 Å². The normalized spacial score (nSPS) is 17.0. The van der Waals surface area contributed by atoms with E-state index >= 15 is 0 Å². The number of nitrogens with one attached hydrogen (secondary N) is 2. The van der Waals surface area contributed by atoms with Crippen molar-refractivity contribution in [1.29, 1.82) is 0 Å². The number of hydrogen-bond donors (Lipinski definition) is 2. The van der Waals surface area contributed by atoms with Crippen LogP contribution in [0, 0.1) is 5.92 Å². The Morgan fingerprint density at radius 2 is 1.36 bits per heavy atom. The Bertz CT molecular complexity index is 348. The summed E-state index contributed by atoms with van der Waals surface area (Å²) in [7, 11) is 0. The molecule has 0 aliphatic heterocycles. The third-order valence-corrected chi connectivity index (χ3v) is 5.21. The molecule has 1 aliphatic carbocycles. The Morgan fingerprint density at radius 3 is 2.00 bits per heavy atom. The van der Waals surface area contributed by atoms with E-state index in [0.29, 0.717) is 6.42 Å². The number of carbonyl (C=O) groups excluding carboxylic acids is 2. The number of rotatable bonds is 10. The molecule has 0 heterocycles. The van der Waals surface area contributed by atoms with Crippen molar-refractivity contribution in [1.82, 2.24) is 10.6 Å². The van der Waals surface area contributed by atoms with Crippen molar-refractivity contribution in [2.75, 3.05) is 13.1 Å².